The molecule has 0 atom stereocenters. The minimum absolute atomic E-state index is 0.140. The molecular formula is C24H29N7O4S. The van der Waals surface area contributed by atoms with Crippen molar-refractivity contribution in [2.75, 3.05) is 67.9 Å². The Balaban J connectivity index is 1.46. The predicted octanol–water partition coefficient (Wildman–Crippen LogP) is 2.69. The van der Waals surface area contributed by atoms with Crippen molar-refractivity contribution in [2.45, 2.75) is 11.3 Å². The molecule has 2 aliphatic heterocycles. The van der Waals surface area contributed by atoms with Crippen molar-refractivity contribution in [1.82, 2.24) is 14.7 Å². The van der Waals surface area contributed by atoms with Crippen LogP contribution in [0.4, 0.5) is 34.6 Å². The third-order valence-electron chi connectivity index (χ3n) is 6.18. The van der Waals surface area contributed by atoms with Gasteiger partial charge in [-0.2, -0.15) is 9.97 Å². The Kier molecular flexibility index (Phi) is 6.81. The fourth-order valence-corrected chi connectivity index (χ4v) is 5.18. The summed E-state index contributed by atoms with van der Waals surface area (Å²) in [4.78, 5) is 11.7. The highest BCUT2D eigenvalue weighted by molar-refractivity contribution is 7.89. The predicted molar refractivity (Wildman–Crippen MR) is 140 cm³/mol. The topological polar surface area (TPSA) is 130 Å². The van der Waals surface area contributed by atoms with Crippen molar-refractivity contribution in [3.8, 4) is 5.75 Å². The zero-order chi connectivity index (χ0) is 25.1. The monoisotopic (exact) mass is 511 g/mol. The van der Waals surface area contributed by atoms with Gasteiger partial charge < -0.3 is 30.3 Å². The van der Waals surface area contributed by atoms with Crippen LogP contribution in [0, 0.1) is 0 Å². The van der Waals surface area contributed by atoms with E-state index in [-0.39, 0.29) is 4.90 Å². The molecule has 0 saturated carbocycles. The third kappa shape index (κ3) is 4.87. The highest BCUT2D eigenvalue weighted by atomic mass is 32.2. The number of para-hydroxylation sites is 1. The van der Waals surface area contributed by atoms with Gasteiger partial charge in [0, 0.05) is 37.0 Å². The maximum atomic E-state index is 12.5. The van der Waals surface area contributed by atoms with Gasteiger partial charge in [0.15, 0.2) is 0 Å². The van der Waals surface area contributed by atoms with E-state index in [1.54, 1.807) is 31.4 Å². The summed E-state index contributed by atoms with van der Waals surface area (Å²) in [6, 6.07) is 12.7. The maximum absolute atomic E-state index is 12.5. The summed E-state index contributed by atoms with van der Waals surface area (Å²) >= 11 is 0. The summed E-state index contributed by atoms with van der Waals surface area (Å²) in [5, 5.41) is 9.76. The average Bonchev–Trinajstić information content (AvgIpc) is 3.39. The molecule has 3 aromatic rings. The van der Waals surface area contributed by atoms with Gasteiger partial charge in [0.2, 0.25) is 16.0 Å². The van der Waals surface area contributed by atoms with Gasteiger partial charge in [-0.05, 0) is 37.7 Å². The molecule has 0 radical (unpaired) electrons. The highest BCUT2D eigenvalue weighted by Crippen LogP contribution is 2.35. The lowest BCUT2D eigenvalue weighted by Gasteiger charge is -2.29. The van der Waals surface area contributed by atoms with Crippen molar-refractivity contribution in [2.24, 2.45) is 0 Å². The number of hydrogen-bond donors (Lipinski definition) is 4. The van der Waals surface area contributed by atoms with E-state index in [1.807, 2.05) is 18.2 Å². The molecule has 0 bridgehead atoms. The molecule has 1 saturated heterocycles. The van der Waals surface area contributed by atoms with Gasteiger partial charge in [0.05, 0.1) is 31.7 Å². The van der Waals surface area contributed by atoms with E-state index < -0.39 is 10.0 Å². The minimum atomic E-state index is -3.66. The first-order valence-electron chi connectivity index (χ1n) is 11.7. The number of aromatic nitrogens is 2. The second kappa shape index (κ2) is 10.2. The first-order valence-corrected chi connectivity index (χ1v) is 13.2. The third-order valence-corrected chi connectivity index (χ3v) is 7.65. The molecular weight excluding hydrogens is 482 g/mol. The van der Waals surface area contributed by atoms with Gasteiger partial charge in [-0.25, -0.2) is 13.1 Å². The van der Waals surface area contributed by atoms with Gasteiger partial charge in [-0.1, -0.05) is 12.1 Å². The van der Waals surface area contributed by atoms with Crippen LogP contribution >= 0.6 is 0 Å². The summed E-state index contributed by atoms with van der Waals surface area (Å²) in [5.74, 6) is 2.26. The number of hydrogen-bond acceptors (Lipinski definition) is 10. The van der Waals surface area contributed by atoms with Gasteiger partial charge in [0.1, 0.15) is 22.3 Å². The Morgan fingerprint density at radius 3 is 2.64 bits per heavy atom. The molecule has 36 heavy (non-hydrogen) atoms. The number of fused-ring (bicyclic) bond motifs is 1. The van der Waals surface area contributed by atoms with Gasteiger partial charge in [0.25, 0.3) is 0 Å². The van der Waals surface area contributed by atoms with Crippen LogP contribution in [0.15, 0.2) is 47.4 Å². The van der Waals surface area contributed by atoms with E-state index in [1.165, 1.54) is 7.05 Å². The molecule has 0 unspecified atom stereocenters. The SMILES string of the molecule is CNS(=O)(=O)c1ccccc1Nc1nc(Nc2ccc(N3CCOCC3)cc2OC)nc2c1CCN2. The second-order valence-corrected chi connectivity index (χ2v) is 10.2. The quantitative estimate of drug-likeness (QED) is 0.358. The summed E-state index contributed by atoms with van der Waals surface area (Å²) in [6.45, 7) is 3.78. The van der Waals surface area contributed by atoms with E-state index in [0.717, 1.165) is 43.0 Å². The number of benzene rings is 2. The van der Waals surface area contributed by atoms with Crippen molar-refractivity contribution < 1.29 is 17.9 Å². The molecule has 12 heteroatoms. The Bertz CT molecular complexity index is 1360. The molecule has 1 aromatic heterocycles. The van der Waals surface area contributed by atoms with Crippen molar-refractivity contribution >= 4 is 44.7 Å². The molecule has 2 aliphatic rings. The summed E-state index contributed by atoms with van der Waals surface area (Å²) in [5.41, 5.74) is 3.10. The number of nitrogens with one attached hydrogen (secondary N) is 4. The number of rotatable bonds is 8. The van der Waals surface area contributed by atoms with E-state index in [0.29, 0.717) is 42.2 Å². The smallest absolute Gasteiger partial charge is 0.242 e. The number of morpholine rings is 1. The van der Waals surface area contributed by atoms with E-state index in [2.05, 4.69) is 30.6 Å². The lowest BCUT2D eigenvalue weighted by atomic mass is 10.2. The summed E-state index contributed by atoms with van der Waals surface area (Å²) < 4.78 is 38.5. The van der Waals surface area contributed by atoms with E-state index in [4.69, 9.17) is 14.5 Å². The lowest BCUT2D eigenvalue weighted by molar-refractivity contribution is 0.122. The van der Waals surface area contributed by atoms with Crippen molar-refractivity contribution in [3.05, 3.63) is 48.0 Å². The fourth-order valence-electron chi connectivity index (χ4n) is 4.30. The average molecular weight is 512 g/mol. The number of methoxy groups -OCH3 is 1. The first-order chi connectivity index (χ1) is 17.5. The Morgan fingerprint density at radius 2 is 1.86 bits per heavy atom. The number of nitrogens with zero attached hydrogens (tertiary/aromatic N) is 3. The van der Waals surface area contributed by atoms with Crippen LogP contribution in [0.1, 0.15) is 5.56 Å². The van der Waals surface area contributed by atoms with Gasteiger partial charge in [-0.3, -0.25) is 0 Å². The second-order valence-electron chi connectivity index (χ2n) is 8.34. The number of sulfonamides is 1. The molecule has 0 spiro atoms. The van der Waals surface area contributed by atoms with Crippen LogP contribution in [-0.2, 0) is 21.2 Å². The highest BCUT2D eigenvalue weighted by Gasteiger charge is 2.23. The molecule has 11 nitrogen and oxygen atoms in total. The fraction of sp³-hybridized carbons (Fsp3) is 0.333. The Labute approximate surface area is 210 Å². The molecule has 0 aliphatic carbocycles. The zero-order valence-corrected chi connectivity index (χ0v) is 21.0. The maximum Gasteiger partial charge on any atom is 0.242 e. The Morgan fingerprint density at radius 1 is 1.06 bits per heavy atom. The van der Waals surface area contributed by atoms with Crippen LogP contribution in [-0.4, -0.2) is 65.4 Å². The van der Waals surface area contributed by atoms with E-state index >= 15 is 0 Å². The van der Waals surface area contributed by atoms with Crippen molar-refractivity contribution in [1.29, 1.82) is 0 Å². The lowest BCUT2D eigenvalue weighted by Crippen LogP contribution is -2.36. The van der Waals surface area contributed by atoms with Gasteiger partial charge in [-0.15, -0.1) is 0 Å². The largest absolute Gasteiger partial charge is 0.494 e. The van der Waals surface area contributed by atoms with Crippen LogP contribution < -0.4 is 30.3 Å². The molecule has 190 valence electrons. The zero-order valence-electron chi connectivity index (χ0n) is 20.2. The number of anilines is 6. The van der Waals surface area contributed by atoms with Crippen molar-refractivity contribution in [3.63, 3.8) is 0 Å². The van der Waals surface area contributed by atoms with Gasteiger partial charge >= 0.3 is 0 Å². The molecule has 1 fully saturated rings. The summed E-state index contributed by atoms with van der Waals surface area (Å²) in [6.07, 6.45) is 0.719. The van der Waals surface area contributed by atoms with Crippen LogP contribution in [0.3, 0.4) is 0 Å². The molecule has 5 rings (SSSR count). The Hall–Kier alpha value is -3.61. The number of ether oxygens (including phenoxy) is 2. The first kappa shape index (κ1) is 24.1. The minimum Gasteiger partial charge on any atom is -0.494 e. The van der Waals surface area contributed by atoms with Crippen LogP contribution in [0.5, 0.6) is 5.75 Å². The van der Waals surface area contributed by atoms with E-state index in [9.17, 15) is 8.42 Å². The standard InChI is InChI=1S/C24H29N7O4S/c1-25-36(32,33)21-6-4-3-5-19(21)27-23-17-9-10-26-22(17)29-24(30-23)28-18-8-7-16(15-20(18)34-2)31-11-13-35-14-12-31/h3-8,15,25H,9-14H2,1-2H3,(H3,26,27,28,29,30). The molecule has 0 amide bonds. The molecule has 3 heterocycles. The van der Waals surface area contributed by atoms with Crippen LogP contribution in [0.25, 0.3) is 0 Å². The summed E-state index contributed by atoms with van der Waals surface area (Å²) in [7, 11) is -0.647. The van der Waals surface area contributed by atoms with Crippen LogP contribution in [0.2, 0.25) is 0 Å². The normalized spacial score (nSPS) is 15.2. The molecule has 4 N–H and O–H groups in total. The molecule has 2 aromatic carbocycles.